The molecule has 5 heteroatoms. The monoisotopic (exact) mass is 363 g/mol. The maximum Gasteiger partial charge on any atom is 0.169 e. The number of imidazole rings is 1. The summed E-state index contributed by atoms with van der Waals surface area (Å²) in [6, 6.07) is 16.9. The zero-order valence-corrected chi connectivity index (χ0v) is 15.2. The molecular formula is C21H18FN3S. The molecule has 0 aliphatic carbocycles. The van der Waals surface area contributed by atoms with E-state index in [1.54, 1.807) is 18.0 Å². The average molecular weight is 363 g/mol. The van der Waals surface area contributed by atoms with E-state index in [-0.39, 0.29) is 5.82 Å². The van der Waals surface area contributed by atoms with Gasteiger partial charge in [-0.2, -0.15) is 0 Å². The molecule has 26 heavy (non-hydrogen) atoms. The number of nitrogens with zero attached hydrogens (tertiary/aromatic N) is 3. The Bertz CT molecular complexity index is 1040. The summed E-state index contributed by atoms with van der Waals surface area (Å²) in [4.78, 5) is 9.05. The number of fused-ring (bicyclic) bond motifs is 1. The smallest absolute Gasteiger partial charge is 0.169 e. The average Bonchev–Trinajstić information content (AvgIpc) is 3.01. The molecule has 0 fully saturated rings. The van der Waals surface area contributed by atoms with Gasteiger partial charge in [-0.1, -0.05) is 48.2 Å². The van der Waals surface area contributed by atoms with Crippen LogP contribution < -0.4 is 0 Å². The number of aryl methyl sites for hydroxylation is 1. The van der Waals surface area contributed by atoms with E-state index < -0.39 is 0 Å². The van der Waals surface area contributed by atoms with Crippen LogP contribution in [0.3, 0.4) is 0 Å². The van der Waals surface area contributed by atoms with Crippen LogP contribution in [0.2, 0.25) is 0 Å². The molecule has 130 valence electrons. The Morgan fingerprint density at radius 1 is 1.04 bits per heavy atom. The number of hydrogen-bond donors (Lipinski definition) is 0. The molecule has 0 aliphatic heterocycles. The normalized spacial score (nSPS) is 11.2. The second-order valence-corrected chi connectivity index (χ2v) is 7.13. The van der Waals surface area contributed by atoms with Crippen molar-refractivity contribution in [3.05, 3.63) is 89.5 Å². The van der Waals surface area contributed by atoms with Gasteiger partial charge in [0.2, 0.25) is 0 Å². The first-order valence-electron chi connectivity index (χ1n) is 8.43. The fraction of sp³-hybridized carbons (Fsp3) is 0.143. The molecule has 4 rings (SSSR count). The van der Waals surface area contributed by atoms with Gasteiger partial charge in [0.1, 0.15) is 5.82 Å². The predicted molar refractivity (Wildman–Crippen MR) is 104 cm³/mol. The molecule has 2 aromatic carbocycles. The molecule has 2 heterocycles. The van der Waals surface area contributed by atoms with E-state index in [1.165, 1.54) is 23.3 Å². The molecule has 4 aromatic rings. The van der Waals surface area contributed by atoms with Crippen LogP contribution in [0.25, 0.3) is 11.0 Å². The molecule has 0 radical (unpaired) electrons. The van der Waals surface area contributed by atoms with Gasteiger partial charge < -0.3 is 4.57 Å². The van der Waals surface area contributed by atoms with Gasteiger partial charge >= 0.3 is 0 Å². The zero-order valence-electron chi connectivity index (χ0n) is 14.4. The number of benzene rings is 2. The molecule has 0 amide bonds. The van der Waals surface area contributed by atoms with E-state index in [9.17, 15) is 4.39 Å². The highest BCUT2D eigenvalue weighted by atomic mass is 32.2. The van der Waals surface area contributed by atoms with Gasteiger partial charge in [0.25, 0.3) is 0 Å². The van der Waals surface area contributed by atoms with Crippen molar-refractivity contribution in [1.29, 1.82) is 0 Å². The fourth-order valence-corrected chi connectivity index (χ4v) is 3.87. The molecular weight excluding hydrogens is 345 g/mol. The van der Waals surface area contributed by atoms with Crippen molar-refractivity contribution in [1.82, 2.24) is 14.5 Å². The molecule has 3 nitrogen and oxygen atoms in total. The van der Waals surface area contributed by atoms with Gasteiger partial charge in [0.15, 0.2) is 5.16 Å². The molecule has 0 N–H and O–H groups in total. The van der Waals surface area contributed by atoms with Crippen molar-refractivity contribution < 1.29 is 4.39 Å². The van der Waals surface area contributed by atoms with Crippen LogP contribution in [-0.2, 0) is 12.3 Å². The Morgan fingerprint density at radius 2 is 1.85 bits per heavy atom. The zero-order chi connectivity index (χ0) is 17.9. The minimum atomic E-state index is -0.211. The Kier molecular flexibility index (Phi) is 4.71. The van der Waals surface area contributed by atoms with E-state index in [0.29, 0.717) is 0 Å². The standard InChI is InChI=1S/C21H18FN3S/c1-15-4-2-3-5-17(15)13-25-20-12-23-11-10-19(20)24-21(25)26-14-16-6-8-18(22)9-7-16/h2-12H,13-14H2,1H3. The Balaban J connectivity index is 1.67. The molecule has 2 aromatic heterocycles. The summed E-state index contributed by atoms with van der Waals surface area (Å²) in [6.07, 6.45) is 3.63. The Morgan fingerprint density at radius 3 is 2.65 bits per heavy atom. The fourth-order valence-electron chi connectivity index (χ4n) is 2.90. The van der Waals surface area contributed by atoms with Crippen LogP contribution in [0.5, 0.6) is 0 Å². The lowest BCUT2D eigenvalue weighted by atomic mass is 10.1. The van der Waals surface area contributed by atoms with Crippen molar-refractivity contribution in [3.8, 4) is 0 Å². The summed E-state index contributed by atoms with van der Waals surface area (Å²) in [5, 5.41) is 0.945. The van der Waals surface area contributed by atoms with Crippen molar-refractivity contribution >= 4 is 22.8 Å². The molecule has 0 saturated carbocycles. The lowest BCUT2D eigenvalue weighted by Crippen LogP contribution is -2.03. The van der Waals surface area contributed by atoms with Crippen LogP contribution in [0.15, 0.2) is 72.1 Å². The lowest BCUT2D eigenvalue weighted by molar-refractivity contribution is 0.627. The summed E-state index contributed by atoms with van der Waals surface area (Å²) >= 11 is 1.66. The third-order valence-electron chi connectivity index (χ3n) is 4.39. The number of aromatic nitrogens is 3. The number of rotatable bonds is 5. The van der Waals surface area contributed by atoms with E-state index >= 15 is 0 Å². The number of halogens is 1. The topological polar surface area (TPSA) is 30.7 Å². The summed E-state index contributed by atoms with van der Waals surface area (Å²) < 4.78 is 15.3. The Hall–Kier alpha value is -2.66. The van der Waals surface area contributed by atoms with Crippen LogP contribution in [0, 0.1) is 12.7 Å². The van der Waals surface area contributed by atoms with Gasteiger partial charge in [-0.05, 0) is 41.8 Å². The molecule has 0 aliphatic rings. The summed E-state index contributed by atoms with van der Waals surface area (Å²) in [5.41, 5.74) is 5.56. The van der Waals surface area contributed by atoms with Crippen molar-refractivity contribution in [2.75, 3.05) is 0 Å². The van der Waals surface area contributed by atoms with Crippen molar-refractivity contribution in [2.24, 2.45) is 0 Å². The van der Waals surface area contributed by atoms with Gasteiger partial charge in [0, 0.05) is 11.9 Å². The van der Waals surface area contributed by atoms with Crippen molar-refractivity contribution in [3.63, 3.8) is 0 Å². The third-order valence-corrected chi connectivity index (χ3v) is 5.43. The van der Waals surface area contributed by atoms with Crippen LogP contribution >= 0.6 is 11.8 Å². The van der Waals surface area contributed by atoms with E-state index in [1.807, 2.05) is 24.4 Å². The molecule has 0 bridgehead atoms. The largest absolute Gasteiger partial charge is 0.313 e. The SMILES string of the molecule is Cc1ccccc1Cn1c(SCc2ccc(F)cc2)nc2ccncc21. The number of pyridine rings is 1. The van der Waals surface area contributed by atoms with E-state index in [4.69, 9.17) is 4.98 Å². The van der Waals surface area contributed by atoms with E-state index in [2.05, 4.69) is 40.7 Å². The van der Waals surface area contributed by atoms with Gasteiger partial charge in [-0.15, -0.1) is 0 Å². The van der Waals surface area contributed by atoms with Crippen LogP contribution in [-0.4, -0.2) is 14.5 Å². The third kappa shape index (κ3) is 3.48. The van der Waals surface area contributed by atoms with Gasteiger partial charge in [-0.3, -0.25) is 4.98 Å². The summed E-state index contributed by atoms with van der Waals surface area (Å²) in [5.74, 6) is 0.529. The maximum atomic E-state index is 13.1. The minimum Gasteiger partial charge on any atom is -0.313 e. The molecule has 0 unspecified atom stereocenters. The molecule has 0 spiro atoms. The highest BCUT2D eigenvalue weighted by molar-refractivity contribution is 7.98. The van der Waals surface area contributed by atoms with Gasteiger partial charge in [0.05, 0.1) is 23.8 Å². The first-order chi connectivity index (χ1) is 12.7. The highest BCUT2D eigenvalue weighted by Gasteiger charge is 2.13. The number of thioether (sulfide) groups is 1. The first kappa shape index (κ1) is 16.8. The van der Waals surface area contributed by atoms with Crippen LogP contribution in [0.4, 0.5) is 4.39 Å². The number of hydrogen-bond acceptors (Lipinski definition) is 3. The maximum absolute atomic E-state index is 13.1. The predicted octanol–water partition coefficient (Wildman–Crippen LogP) is 5.22. The van der Waals surface area contributed by atoms with Crippen molar-refractivity contribution in [2.45, 2.75) is 24.4 Å². The summed E-state index contributed by atoms with van der Waals surface area (Å²) in [6.45, 7) is 2.87. The molecule has 0 saturated heterocycles. The summed E-state index contributed by atoms with van der Waals surface area (Å²) in [7, 11) is 0. The van der Waals surface area contributed by atoms with E-state index in [0.717, 1.165) is 34.1 Å². The second kappa shape index (κ2) is 7.30. The lowest BCUT2D eigenvalue weighted by Gasteiger charge is -2.11. The Labute approximate surface area is 155 Å². The molecule has 0 atom stereocenters. The van der Waals surface area contributed by atoms with Gasteiger partial charge in [-0.25, -0.2) is 9.37 Å². The quantitative estimate of drug-likeness (QED) is 0.456. The highest BCUT2D eigenvalue weighted by Crippen LogP contribution is 2.28. The second-order valence-electron chi connectivity index (χ2n) is 6.19. The minimum absolute atomic E-state index is 0.211. The first-order valence-corrected chi connectivity index (χ1v) is 9.41. The van der Waals surface area contributed by atoms with Crippen LogP contribution in [0.1, 0.15) is 16.7 Å².